The predicted molar refractivity (Wildman–Crippen MR) is 106 cm³/mol. The Kier molecular flexibility index (Phi) is 4.92. The first kappa shape index (κ1) is 18.3. The largest absolute Gasteiger partial charge is 0.378 e. The normalized spacial score (nSPS) is 14.5. The van der Waals surface area contributed by atoms with E-state index in [-0.39, 0.29) is 11.8 Å². The van der Waals surface area contributed by atoms with E-state index in [4.69, 9.17) is 11.6 Å². The van der Waals surface area contributed by atoms with Crippen LogP contribution in [0.4, 0.5) is 17.1 Å². The van der Waals surface area contributed by atoms with Crippen molar-refractivity contribution in [3.8, 4) is 0 Å². The number of benzene rings is 2. The Labute approximate surface area is 158 Å². The van der Waals surface area contributed by atoms with Gasteiger partial charge >= 0.3 is 0 Å². The van der Waals surface area contributed by atoms with Crippen LogP contribution in [0.2, 0.25) is 5.02 Å². The first-order valence-electron chi connectivity index (χ1n) is 8.48. The number of halogens is 1. The van der Waals surface area contributed by atoms with Crippen LogP contribution in [0.25, 0.3) is 0 Å². The van der Waals surface area contributed by atoms with Crippen LogP contribution in [0, 0.1) is 12.3 Å². The highest BCUT2D eigenvalue weighted by molar-refractivity contribution is 6.30. The van der Waals surface area contributed by atoms with Gasteiger partial charge in [0, 0.05) is 36.2 Å². The third-order valence-corrected chi connectivity index (χ3v) is 4.93. The molecular weight excluding hydrogens is 350 g/mol. The minimum absolute atomic E-state index is 0.265. The van der Waals surface area contributed by atoms with Gasteiger partial charge in [-0.3, -0.25) is 9.59 Å². The SMILES string of the molecule is Cc1cc(Cl)ccc1NC(=O)C1(C(=O)Nc2ccc(N(C)C)cc2)CC1. The molecule has 1 fully saturated rings. The summed E-state index contributed by atoms with van der Waals surface area (Å²) in [5.41, 5.74) is 2.27. The lowest BCUT2D eigenvalue weighted by atomic mass is 10.0. The summed E-state index contributed by atoms with van der Waals surface area (Å²) in [5.74, 6) is -0.537. The molecule has 0 aromatic heterocycles. The van der Waals surface area contributed by atoms with Gasteiger partial charge in [-0.05, 0) is 67.8 Å². The molecule has 2 aromatic carbocycles. The van der Waals surface area contributed by atoms with Gasteiger partial charge in [-0.1, -0.05) is 11.6 Å². The van der Waals surface area contributed by atoms with Crippen LogP contribution in [0.3, 0.4) is 0 Å². The summed E-state index contributed by atoms with van der Waals surface area (Å²) in [7, 11) is 3.91. The Balaban J connectivity index is 1.69. The third-order valence-electron chi connectivity index (χ3n) is 4.70. The first-order chi connectivity index (χ1) is 12.3. The Hall–Kier alpha value is -2.53. The Bertz CT molecular complexity index is 843. The van der Waals surface area contributed by atoms with Crippen molar-refractivity contribution in [2.75, 3.05) is 29.6 Å². The molecule has 0 radical (unpaired) electrons. The average Bonchev–Trinajstić information content (AvgIpc) is 3.40. The maximum absolute atomic E-state index is 12.7. The molecule has 2 aromatic rings. The molecule has 26 heavy (non-hydrogen) atoms. The van der Waals surface area contributed by atoms with E-state index in [9.17, 15) is 9.59 Å². The molecule has 0 bridgehead atoms. The first-order valence-corrected chi connectivity index (χ1v) is 8.86. The molecule has 0 unspecified atom stereocenters. The fourth-order valence-electron chi connectivity index (χ4n) is 2.79. The van der Waals surface area contributed by atoms with Gasteiger partial charge in [-0.25, -0.2) is 0 Å². The lowest BCUT2D eigenvalue weighted by Gasteiger charge is -2.17. The number of carbonyl (C=O) groups is 2. The molecule has 2 N–H and O–H groups in total. The molecule has 0 spiro atoms. The molecule has 0 heterocycles. The van der Waals surface area contributed by atoms with Crippen molar-refractivity contribution in [2.24, 2.45) is 5.41 Å². The summed E-state index contributed by atoms with van der Waals surface area (Å²) in [5, 5.41) is 6.34. The van der Waals surface area contributed by atoms with Crippen molar-refractivity contribution < 1.29 is 9.59 Å². The van der Waals surface area contributed by atoms with E-state index in [1.165, 1.54) is 0 Å². The fourth-order valence-corrected chi connectivity index (χ4v) is 3.01. The van der Waals surface area contributed by atoms with Crippen LogP contribution >= 0.6 is 11.6 Å². The van der Waals surface area contributed by atoms with Crippen molar-refractivity contribution in [1.29, 1.82) is 0 Å². The third kappa shape index (κ3) is 3.68. The number of aryl methyl sites for hydroxylation is 1. The molecule has 6 heteroatoms. The number of amides is 2. The monoisotopic (exact) mass is 371 g/mol. The van der Waals surface area contributed by atoms with E-state index in [1.807, 2.05) is 50.2 Å². The van der Waals surface area contributed by atoms with Crippen molar-refractivity contribution in [1.82, 2.24) is 0 Å². The zero-order valence-electron chi connectivity index (χ0n) is 15.1. The second kappa shape index (κ2) is 7.00. The summed E-state index contributed by atoms with van der Waals surface area (Å²) in [4.78, 5) is 27.4. The number of hydrogen-bond acceptors (Lipinski definition) is 3. The van der Waals surface area contributed by atoms with E-state index in [0.29, 0.717) is 29.2 Å². The highest BCUT2D eigenvalue weighted by Gasteiger charge is 2.56. The Morgan fingerprint density at radius 2 is 1.62 bits per heavy atom. The standard InChI is InChI=1S/C20H22ClN3O2/c1-13-12-14(21)4-9-17(13)23-19(26)20(10-11-20)18(25)22-15-5-7-16(8-6-15)24(2)3/h4-9,12H,10-11H2,1-3H3,(H,22,25)(H,23,26). The van der Waals surface area contributed by atoms with Gasteiger partial charge in [-0.2, -0.15) is 0 Å². The second-order valence-corrected chi connectivity index (χ2v) is 7.33. The van der Waals surface area contributed by atoms with Gasteiger partial charge in [0.25, 0.3) is 0 Å². The Morgan fingerprint density at radius 3 is 2.15 bits per heavy atom. The Morgan fingerprint density at radius 1 is 1.00 bits per heavy atom. The highest BCUT2D eigenvalue weighted by Crippen LogP contribution is 2.47. The number of rotatable bonds is 5. The summed E-state index contributed by atoms with van der Waals surface area (Å²) >= 11 is 5.95. The lowest BCUT2D eigenvalue weighted by molar-refractivity contribution is -0.131. The van der Waals surface area contributed by atoms with Crippen molar-refractivity contribution in [3.63, 3.8) is 0 Å². The molecule has 1 aliphatic carbocycles. The van der Waals surface area contributed by atoms with Gasteiger partial charge < -0.3 is 15.5 Å². The molecule has 1 aliphatic rings. The highest BCUT2D eigenvalue weighted by atomic mass is 35.5. The molecule has 2 amide bonds. The zero-order chi connectivity index (χ0) is 18.9. The van der Waals surface area contributed by atoms with Gasteiger partial charge in [-0.15, -0.1) is 0 Å². The maximum atomic E-state index is 12.7. The molecule has 1 saturated carbocycles. The minimum atomic E-state index is -0.994. The average molecular weight is 372 g/mol. The van der Waals surface area contributed by atoms with Gasteiger partial charge in [0.2, 0.25) is 11.8 Å². The van der Waals surface area contributed by atoms with Crippen molar-refractivity contribution in [2.45, 2.75) is 19.8 Å². The number of carbonyl (C=O) groups excluding carboxylic acids is 2. The van der Waals surface area contributed by atoms with E-state index >= 15 is 0 Å². The molecule has 136 valence electrons. The zero-order valence-corrected chi connectivity index (χ0v) is 15.9. The molecule has 0 aliphatic heterocycles. The van der Waals surface area contributed by atoms with Gasteiger partial charge in [0.1, 0.15) is 5.41 Å². The predicted octanol–water partition coefficient (Wildman–Crippen LogP) is 4.07. The maximum Gasteiger partial charge on any atom is 0.240 e. The van der Waals surface area contributed by atoms with Crippen LogP contribution in [-0.2, 0) is 9.59 Å². The number of nitrogens with one attached hydrogen (secondary N) is 2. The van der Waals surface area contributed by atoms with Crippen molar-refractivity contribution >= 4 is 40.5 Å². The molecular formula is C20H22ClN3O2. The van der Waals surface area contributed by atoms with Gasteiger partial charge in [0.05, 0.1) is 0 Å². The lowest BCUT2D eigenvalue weighted by Crippen LogP contribution is -2.35. The van der Waals surface area contributed by atoms with Crippen LogP contribution in [0.5, 0.6) is 0 Å². The fraction of sp³-hybridized carbons (Fsp3) is 0.300. The quantitative estimate of drug-likeness (QED) is 0.779. The van der Waals surface area contributed by atoms with Crippen LogP contribution in [0.15, 0.2) is 42.5 Å². The van der Waals surface area contributed by atoms with E-state index in [0.717, 1.165) is 11.3 Å². The van der Waals surface area contributed by atoms with Gasteiger partial charge in [0.15, 0.2) is 0 Å². The number of hydrogen-bond donors (Lipinski definition) is 2. The second-order valence-electron chi connectivity index (χ2n) is 6.89. The smallest absolute Gasteiger partial charge is 0.240 e. The van der Waals surface area contributed by atoms with Crippen LogP contribution in [0.1, 0.15) is 18.4 Å². The minimum Gasteiger partial charge on any atom is -0.378 e. The van der Waals surface area contributed by atoms with Crippen LogP contribution in [-0.4, -0.2) is 25.9 Å². The molecule has 3 rings (SSSR count). The topological polar surface area (TPSA) is 61.4 Å². The van der Waals surface area contributed by atoms with Crippen LogP contribution < -0.4 is 15.5 Å². The van der Waals surface area contributed by atoms with E-state index in [1.54, 1.807) is 18.2 Å². The number of nitrogens with zero attached hydrogens (tertiary/aromatic N) is 1. The molecule has 0 atom stereocenters. The summed E-state index contributed by atoms with van der Waals surface area (Å²) in [6, 6.07) is 12.8. The summed E-state index contributed by atoms with van der Waals surface area (Å²) < 4.78 is 0. The van der Waals surface area contributed by atoms with E-state index in [2.05, 4.69) is 10.6 Å². The van der Waals surface area contributed by atoms with Crippen molar-refractivity contribution in [3.05, 3.63) is 53.1 Å². The summed E-state index contributed by atoms with van der Waals surface area (Å²) in [6.45, 7) is 1.87. The molecule has 0 saturated heterocycles. The number of anilines is 3. The molecule has 5 nitrogen and oxygen atoms in total. The van der Waals surface area contributed by atoms with E-state index < -0.39 is 5.41 Å². The summed E-state index contributed by atoms with van der Waals surface area (Å²) in [6.07, 6.45) is 1.10.